The fourth-order valence-corrected chi connectivity index (χ4v) is 2.87. The van der Waals surface area contributed by atoms with Gasteiger partial charge in [-0.2, -0.15) is 4.52 Å². The number of benzene rings is 1. The van der Waals surface area contributed by atoms with Crippen molar-refractivity contribution < 1.29 is 13.9 Å². The number of rotatable bonds is 7. The fraction of sp³-hybridized carbons (Fsp3) is 0.211. The van der Waals surface area contributed by atoms with E-state index < -0.39 is 0 Å². The molecule has 3 aromatic heterocycles. The average molecular weight is 453 g/mol. The average Bonchev–Trinajstić information content (AvgIpc) is 3.37. The quantitative estimate of drug-likeness (QED) is 0.439. The van der Waals surface area contributed by atoms with Crippen LogP contribution in [0, 0.1) is 0 Å². The summed E-state index contributed by atoms with van der Waals surface area (Å²) in [6, 6.07) is 11.2. The Morgan fingerprint density at radius 2 is 1.77 bits per heavy atom. The first-order chi connectivity index (χ1) is 13.7. The first-order valence-corrected chi connectivity index (χ1v) is 8.65. The summed E-state index contributed by atoms with van der Waals surface area (Å²) in [7, 11) is 3.26. The summed E-state index contributed by atoms with van der Waals surface area (Å²) in [5, 5.41) is 7.68. The van der Waals surface area contributed by atoms with E-state index in [1.807, 2.05) is 24.3 Å². The van der Waals surface area contributed by atoms with Crippen LogP contribution in [0.4, 0.5) is 5.95 Å². The molecular weight excluding hydrogens is 431 g/mol. The third-order valence-electron chi connectivity index (χ3n) is 4.19. The lowest BCUT2D eigenvalue weighted by molar-refractivity contribution is 0.393. The minimum atomic E-state index is 0. The van der Waals surface area contributed by atoms with Crippen molar-refractivity contribution in [2.24, 2.45) is 0 Å². The van der Waals surface area contributed by atoms with Gasteiger partial charge in [-0.25, -0.2) is 9.97 Å². The summed E-state index contributed by atoms with van der Waals surface area (Å²) in [5.41, 5.74) is 8.45. The number of furan rings is 1. The molecule has 11 heteroatoms. The Morgan fingerprint density at radius 1 is 1.03 bits per heavy atom. The maximum Gasteiger partial charge on any atom is 0.223 e. The molecule has 4 rings (SSSR count). The van der Waals surface area contributed by atoms with Crippen LogP contribution in [0.15, 0.2) is 47.1 Å². The number of methoxy groups -OCH3 is 2. The molecule has 4 aromatic rings. The highest BCUT2D eigenvalue weighted by atomic mass is 35.5. The summed E-state index contributed by atoms with van der Waals surface area (Å²) in [6.45, 7) is 1.13. The predicted molar refractivity (Wildman–Crippen MR) is 117 cm³/mol. The Kier molecular flexibility index (Phi) is 7.87. The van der Waals surface area contributed by atoms with E-state index in [2.05, 4.69) is 20.4 Å². The SMILES string of the molecule is COc1cc(CNCc2cc3nc(-c4ccco4)nn3c(N)n2)cc(OC)c1.Cl.Cl. The van der Waals surface area contributed by atoms with Gasteiger partial charge >= 0.3 is 0 Å². The third-order valence-corrected chi connectivity index (χ3v) is 4.19. The maximum absolute atomic E-state index is 6.04. The van der Waals surface area contributed by atoms with Crippen LogP contribution in [0.3, 0.4) is 0 Å². The zero-order valence-corrected chi connectivity index (χ0v) is 18.0. The zero-order chi connectivity index (χ0) is 19.5. The van der Waals surface area contributed by atoms with Crippen LogP contribution in [0.1, 0.15) is 11.3 Å². The molecule has 0 fully saturated rings. The standard InChI is InChI=1S/C19H20N6O3.2ClH/c1-26-14-6-12(7-15(9-14)27-2)10-21-11-13-8-17-23-18(16-4-3-5-28-16)24-25(17)19(20)22-13;;/h3-9,21H,10-11H2,1-2H3,(H2,20,22);2*1H. The van der Waals surface area contributed by atoms with Crippen LogP contribution in [-0.4, -0.2) is 33.8 Å². The smallest absolute Gasteiger partial charge is 0.223 e. The molecule has 1 aromatic carbocycles. The summed E-state index contributed by atoms with van der Waals surface area (Å²) >= 11 is 0. The van der Waals surface area contributed by atoms with Crippen molar-refractivity contribution in [2.45, 2.75) is 13.1 Å². The lowest BCUT2D eigenvalue weighted by Gasteiger charge is -2.10. The number of anilines is 1. The van der Waals surface area contributed by atoms with E-state index in [1.165, 1.54) is 4.52 Å². The maximum atomic E-state index is 6.04. The van der Waals surface area contributed by atoms with Gasteiger partial charge in [-0.1, -0.05) is 0 Å². The molecule has 160 valence electrons. The molecule has 3 N–H and O–H groups in total. The van der Waals surface area contributed by atoms with Gasteiger partial charge in [0.25, 0.3) is 0 Å². The number of nitrogen functional groups attached to an aromatic ring is 1. The molecular formula is C19H22Cl2N6O3. The summed E-state index contributed by atoms with van der Waals surface area (Å²) in [6.07, 6.45) is 1.57. The number of hydrogen-bond donors (Lipinski definition) is 2. The van der Waals surface area contributed by atoms with Crippen molar-refractivity contribution in [3.05, 3.63) is 53.9 Å². The highest BCUT2D eigenvalue weighted by Crippen LogP contribution is 2.22. The van der Waals surface area contributed by atoms with Crippen LogP contribution in [0.5, 0.6) is 11.5 Å². The summed E-state index contributed by atoms with van der Waals surface area (Å²) < 4.78 is 17.4. The van der Waals surface area contributed by atoms with Gasteiger partial charge in [0.1, 0.15) is 11.5 Å². The van der Waals surface area contributed by atoms with Crippen molar-refractivity contribution in [1.82, 2.24) is 24.9 Å². The monoisotopic (exact) mass is 452 g/mol. The van der Waals surface area contributed by atoms with Crippen LogP contribution in [0.25, 0.3) is 17.2 Å². The predicted octanol–water partition coefficient (Wildman–Crippen LogP) is 3.12. The molecule has 0 aliphatic rings. The fourth-order valence-electron chi connectivity index (χ4n) is 2.87. The van der Waals surface area contributed by atoms with Crippen molar-refractivity contribution in [3.63, 3.8) is 0 Å². The van der Waals surface area contributed by atoms with Gasteiger partial charge in [-0.15, -0.1) is 29.9 Å². The highest BCUT2D eigenvalue weighted by molar-refractivity contribution is 5.85. The Hall–Kier alpha value is -3.01. The number of halogens is 2. The number of fused-ring (bicyclic) bond motifs is 1. The third kappa shape index (κ3) is 4.93. The van der Waals surface area contributed by atoms with E-state index in [4.69, 9.17) is 19.6 Å². The van der Waals surface area contributed by atoms with Crippen LogP contribution in [-0.2, 0) is 13.1 Å². The number of nitrogens with two attached hydrogens (primary N) is 1. The molecule has 0 aliphatic carbocycles. The van der Waals surface area contributed by atoms with E-state index in [1.54, 1.807) is 32.6 Å². The lowest BCUT2D eigenvalue weighted by atomic mass is 10.2. The molecule has 0 bridgehead atoms. The van der Waals surface area contributed by atoms with E-state index in [0.29, 0.717) is 30.3 Å². The zero-order valence-electron chi connectivity index (χ0n) is 16.4. The van der Waals surface area contributed by atoms with Gasteiger partial charge in [-0.05, 0) is 29.8 Å². The minimum Gasteiger partial charge on any atom is -0.497 e. The second-order valence-corrected chi connectivity index (χ2v) is 6.11. The number of nitrogens with zero attached hydrogens (tertiary/aromatic N) is 4. The largest absolute Gasteiger partial charge is 0.497 e. The Balaban J connectivity index is 0.00000160. The van der Waals surface area contributed by atoms with Gasteiger partial charge in [0.2, 0.25) is 11.8 Å². The Labute approximate surface area is 185 Å². The van der Waals surface area contributed by atoms with Crippen LogP contribution < -0.4 is 20.5 Å². The molecule has 0 atom stereocenters. The molecule has 0 radical (unpaired) electrons. The number of hydrogen-bond acceptors (Lipinski definition) is 8. The van der Waals surface area contributed by atoms with Crippen molar-refractivity contribution >= 4 is 36.4 Å². The normalized spacial score (nSPS) is 10.3. The molecule has 0 amide bonds. The number of nitrogens with one attached hydrogen (secondary N) is 1. The number of ether oxygens (including phenoxy) is 2. The van der Waals surface area contributed by atoms with Crippen molar-refractivity contribution in [3.8, 4) is 23.1 Å². The first kappa shape index (κ1) is 23.3. The molecule has 9 nitrogen and oxygen atoms in total. The Morgan fingerprint density at radius 3 is 2.40 bits per heavy atom. The second kappa shape index (κ2) is 10.1. The van der Waals surface area contributed by atoms with Gasteiger partial charge in [0.05, 0.1) is 26.2 Å². The van der Waals surface area contributed by atoms with E-state index >= 15 is 0 Å². The van der Waals surface area contributed by atoms with Gasteiger partial charge in [0.15, 0.2) is 11.4 Å². The van der Waals surface area contributed by atoms with Gasteiger partial charge in [0, 0.05) is 25.2 Å². The van der Waals surface area contributed by atoms with Gasteiger partial charge in [-0.3, -0.25) is 0 Å². The van der Waals surface area contributed by atoms with Crippen molar-refractivity contribution in [1.29, 1.82) is 0 Å². The van der Waals surface area contributed by atoms with E-state index in [0.717, 1.165) is 22.8 Å². The molecule has 30 heavy (non-hydrogen) atoms. The van der Waals surface area contributed by atoms with E-state index in [-0.39, 0.29) is 30.8 Å². The number of aromatic nitrogens is 4. The summed E-state index contributed by atoms with van der Waals surface area (Å²) in [5.74, 6) is 2.80. The van der Waals surface area contributed by atoms with Gasteiger partial charge < -0.3 is 24.9 Å². The topological polar surface area (TPSA) is 113 Å². The summed E-state index contributed by atoms with van der Waals surface area (Å²) in [4.78, 5) is 8.86. The van der Waals surface area contributed by atoms with Crippen molar-refractivity contribution in [2.75, 3.05) is 20.0 Å². The first-order valence-electron chi connectivity index (χ1n) is 8.65. The van der Waals surface area contributed by atoms with Crippen LogP contribution >= 0.6 is 24.8 Å². The molecule has 0 aliphatic heterocycles. The van der Waals surface area contributed by atoms with E-state index in [9.17, 15) is 0 Å². The molecule has 0 saturated carbocycles. The molecule has 0 unspecified atom stereocenters. The highest BCUT2D eigenvalue weighted by Gasteiger charge is 2.12. The minimum absolute atomic E-state index is 0. The second-order valence-electron chi connectivity index (χ2n) is 6.11. The molecule has 3 heterocycles. The molecule has 0 saturated heterocycles. The van der Waals surface area contributed by atoms with Crippen LogP contribution in [0.2, 0.25) is 0 Å². The molecule has 0 spiro atoms. The lowest BCUT2D eigenvalue weighted by Crippen LogP contribution is -2.15. The Bertz CT molecular complexity index is 1080.